The lowest BCUT2D eigenvalue weighted by molar-refractivity contribution is -0.123. The molecule has 1 saturated heterocycles. The van der Waals surface area contributed by atoms with Crippen molar-refractivity contribution in [2.75, 3.05) is 32.5 Å². The number of hydrogen-bond acceptors (Lipinski definition) is 5. The van der Waals surface area contributed by atoms with Gasteiger partial charge in [-0.25, -0.2) is 0 Å². The summed E-state index contributed by atoms with van der Waals surface area (Å²) < 4.78 is 0. The molecule has 0 bridgehead atoms. The zero-order valence-corrected chi connectivity index (χ0v) is 23.9. The van der Waals surface area contributed by atoms with Crippen molar-refractivity contribution in [2.45, 2.75) is 83.4 Å². The predicted octanol–water partition coefficient (Wildman–Crippen LogP) is 5.81. The number of aliphatic hydroxyl groups excluding tert-OH is 1. The van der Waals surface area contributed by atoms with Gasteiger partial charge in [-0.3, -0.25) is 19.6 Å². The molecule has 2 N–H and O–H groups in total. The normalized spacial score (nSPS) is 27.9. The van der Waals surface area contributed by atoms with Crippen LogP contribution >= 0.6 is 0 Å². The number of benzene rings is 1. The Kier molecular flexibility index (Phi) is 9.97. The number of carbonyl (C=O) groups is 1. The molecule has 1 aromatic carbocycles. The SMILES string of the molecule is Cc1cnccc1NC(=O)CN1CCC[C@](c2ccccc2)(N(C)C)CCCC(CC2CCC2)C(C)C1O. The van der Waals surface area contributed by atoms with E-state index in [0.29, 0.717) is 12.5 Å². The molecule has 0 radical (unpaired) electrons. The van der Waals surface area contributed by atoms with E-state index < -0.39 is 6.23 Å². The van der Waals surface area contributed by atoms with Gasteiger partial charge >= 0.3 is 0 Å². The Morgan fingerprint density at radius 3 is 2.50 bits per heavy atom. The molecule has 6 nitrogen and oxygen atoms in total. The third kappa shape index (κ3) is 6.83. The lowest BCUT2D eigenvalue weighted by atomic mass is 9.73. The molecule has 2 aliphatic rings. The van der Waals surface area contributed by atoms with Crippen LogP contribution in [0.5, 0.6) is 0 Å². The number of aryl methyl sites for hydroxylation is 1. The maximum atomic E-state index is 13.2. The molecule has 1 amide bonds. The summed E-state index contributed by atoms with van der Waals surface area (Å²) in [6.07, 6.45) is 13.3. The van der Waals surface area contributed by atoms with Gasteiger partial charge in [0, 0.05) is 30.2 Å². The molecular formula is C32H48N4O2. The average Bonchev–Trinajstić information content (AvgIpc) is 2.90. The highest BCUT2D eigenvalue weighted by Crippen LogP contribution is 2.42. The highest BCUT2D eigenvalue weighted by Gasteiger charge is 2.38. The van der Waals surface area contributed by atoms with E-state index >= 15 is 0 Å². The summed E-state index contributed by atoms with van der Waals surface area (Å²) >= 11 is 0. The van der Waals surface area contributed by atoms with E-state index in [1.54, 1.807) is 12.4 Å². The Bertz CT molecular complexity index is 1030. The summed E-state index contributed by atoms with van der Waals surface area (Å²) in [7, 11) is 4.41. The third-order valence-corrected chi connectivity index (χ3v) is 9.46. The van der Waals surface area contributed by atoms with E-state index in [1.807, 2.05) is 17.9 Å². The van der Waals surface area contributed by atoms with Crippen LogP contribution in [-0.4, -0.2) is 59.2 Å². The molecule has 1 aromatic heterocycles. The maximum Gasteiger partial charge on any atom is 0.238 e. The standard InChI is InChI=1S/C32H48N4O2/c1-24-22-33-19-16-29(24)34-30(37)23-36-20-10-18-32(35(3)4,28-14-6-5-7-15-28)17-9-13-27(25(2)31(36)38)21-26-11-8-12-26/h5-7,14-16,19,22,25-27,31,38H,8-13,17-18,20-21,23H2,1-4H3,(H,33,34,37)/t25?,27?,31?,32-/m1/s1. The van der Waals surface area contributed by atoms with Crippen molar-refractivity contribution in [1.82, 2.24) is 14.8 Å². The molecule has 1 saturated carbocycles. The van der Waals surface area contributed by atoms with Crippen molar-refractivity contribution in [3.05, 3.63) is 59.9 Å². The monoisotopic (exact) mass is 520 g/mol. The molecule has 38 heavy (non-hydrogen) atoms. The molecule has 4 atom stereocenters. The van der Waals surface area contributed by atoms with Crippen LogP contribution in [0.15, 0.2) is 48.8 Å². The van der Waals surface area contributed by atoms with E-state index in [4.69, 9.17) is 0 Å². The molecule has 2 heterocycles. The van der Waals surface area contributed by atoms with Gasteiger partial charge in [0.25, 0.3) is 0 Å². The van der Waals surface area contributed by atoms with E-state index in [-0.39, 0.29) is 23.9 Å². The van der Waals surface area contributed by atoms with Crippen LogP contribution in [0.2, 0.25) is 0 Å². The third-order valence-electron chi connectivity index (χ3n) is 9.46. The number of anilines is 1. The molecule has 3 unspecified atom stereocenters. The van der Waals surface area contributed by atoms with Crippen molar-refractivity contribution >= 4 is 11.6 Å². The molecule has 1 aliphatic carbocycles. The summed E-state index contributed by atoms with van der Waals surface area (Å²) in [5.41, 5.74) is 3.03. The second-order valence-corrected chi connectivity index (χ2v) is 12.1. The number of nitrogens with one attached hydrogen (secondary N) is 1. The van der Waals surface area contributed by atoms with Crippen LogP contribution in [0.3, 0.4) is 0 Å². The fourth-order valence-electron chi connectivity index (χ4n) is 6.72. The van der Waals surface area contributed by atoms with Gasteiger partial charge in [0.15, 0.2) is 0 Å². The summed E-state index contributed by atoms with van der Waals surface area (Å²) in [6.45, 7) is 5.03. The minimum absolute atomic E-state index is 0.0527. The second kappa shape index (κ2) is 13.2. The van der Waals surface area contributed by atoms with Gasteiger partial charge in [-0.2, -0.15) is 0 Å². The number of rotatable bonds is 7. The van der Waals surface area contributed by atoms with Crippen LogP contribution in [-0.2, 0) is 10.3 Å². The van der Waals surface area contributed by atoms with Crippen molar-refractivity contribution in [2.24, 2.45) is 17.8 Å². The van der Waals surface area contributed by atoms with Crippen LogP contribution in [0.1, 0.15) is 75.8 Å². The minimum atomic E-state index is -0.632. The first-order valence-corrected chi connectivity index (χ1v) is 14.7. The summed E-state index contributed by atoms with van der Waals surface area (Å²) in [4.78, 5) is 21.8. The highest BCUT2D eigenvalue weighted by molar-refractivity contribution is 5.92. The minimum Gasteiger partial charge on any atom is -0.378 e. The molecule has 6 heteroatoms. The molecule has 2 aromatic rings. The van der Waals surface area contributed by atoms with Crippen molar-refractivity contribution in [3.8, 4) is 0 Å². The first kappa shape index (κ1) is 28.7. The fraction of sp³-hybridized carbons (Fsp3) is 0.625. The lowest BCUT2D eigenvalue weighted by Crippen LogP contribution is -2.47. The Morgan fingerprint density at radius 2 is 1.84 bits per heavy atom. The fourth-order valence-corrected chi connectivity index (χ4v) is 6.72. The number of aliphatic hydroxyl groups is 1. The second-order valence-electron chi connectivity index (χ2n) is 12.1. The number of hydrogen-bond donors (Lipinski definition) is 2. The molecule has 208 valence electrons. The molecule has 1 aliphatic heterocycles. The Balaban J connectivity index is 1.58. The van der Waals surface area contributed by atoms with E-state index in [1.165, 1.54) is 31.2 Å². The molecule has 4 rings (SSSR count). The largest absolute Gasteiger partial charge is 0.378 e. The van der Waals surface area contributed by atoms with Gasteiger partial charge in [0.05, 0.1) is 6.54 Å². The van der Waals surface area contributed by atoms with Gasteiger partial charge in [-0.05, 0) is 88.1 Å². The smallest absolute Gasteiger partial charge is 0.238 e. The Labute approximate surface area is 229 Å². The van der Waals surface area contributed by atoms with Gasteiger partial charge in [0.2, 0.25) is 5.91 Å². The topological polar surface area (TPSA) is 68.7 Å². The van der Waals surface area contributed by atoms with Crippen LogP contribution in [0, 0.1) is 24.7 Å². The number of nitrogens with zero attached hydrogens (tertiary/aromatic N) is 3. The number of pyridine rings is 1. The Morgan fingerprint density at radius 1 is 1.11 bits per heavy atom. The zero-order chi connectivity index (χ0) is 27.1. The van der Waals surface area contributed by atoms with Crippen molar-refractivity contribution < 1.29 is 9.90 Å². The van der Waals surface area contributed by atoms with Gasteiger partial charge in [-0.1, -0.05) is 62.9 Å². The molecular weight excluding hydrogens is 472 g/mol. The van der Waals surface area contributed by atoms with E-state index in [2.05, 4.69) is 66.6 Å². The zero-order valence-electron chi connectivity index (χ0n) is 23.9. The molecule has 2 fully saturated rings. The Hall–Kier alpha value is -2.28. The highest BCUT2D eigenvalue weighted by atomic mass is 16.3. The number of aromatic nitrogens is 1. The summed E-state index contributed by atoms with van der Waals surface area (Å²) in [5.74, 6) is 1.28. The van der Waals surface area contributed by atoms with Crippen molar-refractivity contribution in [3.63, 3.8) is 0 Å². The number of amides is 1. The average molecular weight is 521 g/mol. The maximum absolute atomic E-state index is 13.2. The quantitative estimate of drug-likeness (QED) is 0.482. The van der Waals surface area contributed by atoms with Crippen molar-refractivity contribution in [1.29, 1.82) is 0 Å². The first-order chi connectivity index (χ1) is 18.3. The van der Waals surface area contributed by atoms with Gasteiger partial charge in [0.1, 0.15) is 6.23 Å². The number of carbonyl (C=O) groups excluding carboxylic acids is 1. The van der Waals surface area contributed by atoms with Gasteiger partial charge < -0.3 is 10.4 Å². The predicted molar refractivity (Wildman–Crippen MR) is 155 cm³/mol. The summed E-state index contributed by atoms with van der Waals surface area (Å²) in [6, 6.07) is 12.8. The van der Waals surface area contributed by atoms with E-state index in [9.17, 15) is 9.90 Å². The van der Waals surface area contributed by atoms with Crippen LogP contribution in [0.25, 0.3) is 0 Å². The molecule has 0 spiro atoms. The summed E-state index contributed by atoms with van der Waals surface area (Å²) in [5, 5.41) is 14.7. The van der Waals surface area contributed by atoms with Gasteiger partial charge in [-0.15, -0.1) is 0 Å². The lowest BCUT2D eigenvalue weighted by Gasteiger charge is -2.41. The van der Waals surface area contributed by atoms with Crippen LogP contribution in [0.4, 0.5) is 5.69 Å². The van der Waals surface area contributed by atoms with Crippen LogP contribution < -0.4 is 5.32 Å². The van der Waals surface area contributed by atoms with E-state index in [0.717, 1.165) is 49.3 Å². The first-order valence-electron chi connectivity index (χ1n) is 14.7.